The van der Waals surface area contributed by atoms with Crippen LogP contribution in [-0.4, -0.2) is 87.1 Å². The van der Waals surface area contributed by atoms with E-state index in [4.69, 9.17) is 0 Å². The van der Waals surface area contributed by atoms with Crippen molar-refractivity contribution >= 4 is 5.97 Å². The summed E-state index contributed by atoms with van der Waals surface area (Å²) in [6, 6.07) is 0. The minimum atomic E-state index is -8.72. The summed E-state index contributed by atoms with van der Waals surface area (Å²) >= 11 is 0. The van der Waals surface area contributed by atoms with Crippen molar-refractivity contribution in [3.63, 3.8) is 0 Å². The number of esters is 1. The molecule has 0 spiro atoms. The highest BCUT2D eigenvalue weighted by atomic mass is 19.4. The SMILES string of the molecule is COCCOCCOC(=O)CC(F)(F)C(F)(F)C(F)(F)C(F)(F)C(F)(F)C(F)(F)C(F)(F)C(F)(F)F. The van der Waals surface area contributed by atoms with Crippen LogP contribution in [0.4, 0.5) is 74.6 Å². The van der Waals surface area contributed by atoms with Gasteiger partial charge in [0, 0.05) is 7.11 Å². The zero-order valence-corrected chi connectivity index (χ0v) is 17.1. The molecule has 4 nitrogen and oxygen atoms in total. The first-order valence-electron chi connectivity index (χ1n) is 8.64. The van der Waals surface area contributed by atoms with Gasteiger partial charge in [-0.2, -0.15) is 74.6 Å². The third-order valence-corrected chi connectivity index (χ3v) is 4.08. The quantitative estimate of drug-likeness (QED) is 0.153. The summed E-state index contributed by atoms with van der Waals surface area (Å²) in [6.45, 7) is -1.95. The van der Waals surface area contributed by atoms with Crippen LogP contribution in [0.25, 0.3) is 0 Å². The van der Waals surface area contributed by atoms with Gasteiger partial charge in [-0.3, -0.25) is 4.79 Å². The Kier molecular flexibility index (Phi) is 9.99. The van der Waals surface area contributed by atoms with Crippen molar-refractivity contribution in [2.24, 2.45) is 0 Å². The van der Waals surface area contributed by atoms with Crippen LogP contribution in [0.15, 0.2) is 0 Å². The first-order valence-corrected chi connectivity index (χ1v) is 8.64. The summed E-state index contributed by atoms with van der Waals surface area (Å²) in [5.74, 6) is -60.0. The fourth-order valence-corrected chi connectivity index (χ4v) is 2.00. The van der Waals surface area contributed by atoms with E-state index in [-0.39, 0.29) is 13.2 Å². The van der Waals surface area contributed by atoms with Gasteiger partial charge >= 0.3 is 53.6 Å². The molecule has 36 heavy (non-hydrogen) atoms. The molecule has 0 amide bonds. The van der Waals surface area contributed by atoms with Gasteiger partial charge < -0.3 is 14.2 Å². The zero-order valence-electron chi connectivity index (χ0n) is 17.1. The fraction of sp³-hybridized carbons (Fsp3) is 0.933. The van der Waals surface area contributed by atoms with Crippen molar-refractivity contribution in [2.45, 2.75) is 54.1 Å². The van der Waals surface area contributed by atoms with E-state index in [1.807, 2.05) is 0 Å². The number of alkyl halides is 17. The number of methoxy groups -OCH3 is 1. The maximum atomic E-state index is 13.6. The average molecular weight is 580 g/mol. The fourth-order valence-electron chi connectivity index (χ4n) is 2.00. The third-order valence-electron chi connectivity index (χ3n) is 4.08. The molecule has 0 aliphatic heterocycles. The molecule has 0 bridgehead atoms. The van der Waals surface area contributed by atoms with Crippen LogP contribution in [0.1, 0.15) is 6.42 Å². The number of carbonyl (C=O) groups is 1. The van der Waals surface area contributed by atoms with Gasteiger partial charge in [0.2, 0.25) is 0 Å². The van der Waals surface area contributed by atoms with Crippen molar-refractivity contribution in [3.05, 3.63) is 0 Å². The van der Waals surface area contributed by atoms with Crippen molar-refractivity contribution < 1.29 is 93.6 Å². The molecule has 0 rings (SSSR count). The van der Waals surface area contributed by atoms with Gasteiger partial charge in [-0.05, 0) is 0 Å². The maximum Gasteiger partial charge on any atom is 0.460 e. The van der Waals surface area contributed by atoms with Crippen LogP contribution in [0.5, 0.6) is 0 Å². The Balaban J connectivity index is 6.02. The molecule has 0 aromatic carbocycles. The largest absolute Gasteiger partial charge is 0.463 e. The summed E-state index contributed by atoms with van der Waals surface area (Å²) in [7, 11) is 1.20. The molecule has 0 heterocycles. The lowest BCUT2D eigenvalue weighted by molar-refractivity contribution is -0.461. The number of hydrogen-bond donors (Lipinski definition) is 0. The summed E-state index contributed by atoms with van der Waals surface area (Å²) in [4.78, 5) is 11.1. The standard InChI is InChI=1S/C15H13F17O4/c1-34-2-3-35-4-5-36-7(33)6-8(16,17)9(18,19)10(20,21)11(22,23)12(24,25)13(26,27)14(28,29)15(30,31)32/h2-6H2,1H3. The van der Waals surface area contributed by atoms with Gasteiger partial charge in [-0.25, -0.2) is 0 Å². The van der Waals surface area contributed by atoms with Gasteiger partial charge in [-0.15, -0.1) is 0 Å². The number of rotatable bonds is 14. The van der Waals surface area contributed by atoms with Crippen molar-refractivity contribution in [2.75, 3.05) is 33.5 Å². The first-order chi connectivity index (χ1) is 15.7. The number of carbonyl (C=O) groups excluding carboxylic acids is 1. The summed E-state index contributed by atoms with van der Waals surface area (Å²) < 4.78 is 235. The Bertz CT molecular complexity index is 747. The molecule has 0 N–H and O–H groups in total. The summed E-state index contributed by atoms with van der Waals surface area (Å²) in [6.07, 6.45) is -11.1. The monoisotopic (exact) mass is 580 g/mol. The predicted molar refractivity (Wildman–Crippen MR) is 79.0 cm³/mol. The lowest BCUT2D eigenvalue weighted by atomic mass is 9.88. The Morgan fingerprint density at radius 1 is 0.528 bits per heavy atom. The molecular formula is C15H13F17O4. The van der Waals surface area contributed by atoms with Gasteiger partial charge in [0.05, 0.1) is 19.8 Å². The van der Waals surface area contributed by atoms with Crippen molar-refractivity contribution in [3.8, 4) is 0 Å². The Hall–Kier alpha value is -1.80. The number of hydrogen-bond acceptors (Lipinski definition) is 4. The van der Waals surface area contributed by atoms with E-state index >= 15 is 0 Å². The second kappa shape index (κ2) is 10.5. The van der Waals surface area contributed by atoms with E-state index in [1.54, 1.807) is 0 Å². The number of ether oxygens (including phenoxy) is 3. The van der Waals surface area contributed by atoms with E-state index in [9.17, 15) is 79.4 Å². The molecule has 216 valence electrons. The van der Waals surface area contributed by atoms with Crippen LogP contribution >= 0.6 is 0 Å². The Labute approximate surface area is 188 Å². The highest BCUT2D eigenvalue weighted by Gasteiger charge is 2.95. The maximum absolute atomic E-state index is 13.6. The van der Waals surface area contributed by atoms with Gasteiger partial charge in [0.25, 0.3) is 0 Å². The molecule has 0 aromatic rings. The molecule has 0 saturated carbocycles. The highest BCUT2D eigenvalue weighted by Crippen LogP contribution is 2.64. The topological polar surface area (TPSA) is 44.8 Å². The smallest absolute Gasteiger partial charge is 0.460 e. The molecule has 0 aliphatic rings. The second-order valence-electron chi connectivity index (χ2n) is 6.65. The van der Waals surface area contributed by atoms with Crippen LogP contribution < -0.4 is 0 Å². The lowest BCUT2D eigenvalue weighted by Gasteiger charge is -2.42. The molecule has 0 aromatic heterocycles. The van der Waals surface area contributed by atoms with E-state index in [0.29, 0.717) is 0 Å². The summed E-state index contributed by atoms with van der Waals surface area (Å²) in [5.41, 5.74) is 0. The van der Waals surface area contributed by atoms with Gasteiger partial charge in [-0.1, -0.05) is 0 Å². The number of halogens is 17. The van der Waals surface area contributed by atoms with Crippen molar-refractivity contribution in [1.29, 1.82) is 0 Å². The molecule has 0 saturated heterocycles. The first kappa shape index (κ1) is 34.2. The molecule has 0 atom stereocenters. The van der Waals surface area contributed by atoms with Crippen LogP contribution in [0, 0.1) is 0 Å². The average Bonchev–Trinajstić information content (AvgIpc) is 2.68. The third kappa shape index (κ3) is 5.69. The van der Waals surface area contributed by atoms with Crippen LogP contribution in [0.3, 0.4) is 0 Å². The molecule has 21 heteroatoms. The Morgan fingerprint density at radius 2 is 0.889 bits per heavy atom. The molecule has 0 fully saturated rings. The van der Waals surface area contributed by atoms with Gasteiger partial charge in [0.1, 0.15) is 13.0 Å². The molecular weight excluding hydrogens is 567 g/mol. The second-order valence-corrected chi connectivity index (χ2v) is 6.65. The molecule has 0 unspecified atom stereocenters. The normalized spacial score (nSPS) is 15.3. The summed E-state index contributed by atoms with van der Waals surface area (Å²) in [5, 5.41) is 0. The van der Waals surface area contributed by atoms with E-state index in [0.717, 1.165) is 0 Å². The van der Waals surface area contributed by atoms with E-state index < -0.39 is 73.2 Å². The molecule has 0 radical (unpaired) electrons. The zero-order chi connectivity index (χ0) is 29.2. The minimum absolute atomic E-state index is 0.0554. The minimum Gasteiger partial charge on any atom is -0.463 e. The predicted octanol–water partition coefficient (Wildman–Crippen LogP) is 5.59. The lowest BCUT2D eigenvalue weighted by Crippen LogP contribution is -2.74. The van der Waals surface area contributed by atoms with E-state index in [1.165, 1.54) is 7.11 Å². The van der Waals surface area contributed by atoms with E-state index in [2.05, 4.69) is 14.2 Å². The van der Waals surface area contributed by atoms with Crippen molar-refractivity contribution in [1.82, 2.24) is 0 Å². The Morgan fingerprint density at radius 3 is 1.28 bits per heavy atom. The highest BCUT2D eigenvalue weighted by molar-refractivity contribution is 5.70. The van der Waals surface area contributed by atoms with Crippen LogP contribution in [0.2, 0.25) is 0 Å². The molecule has 0 aliphatic carbocycles. The van der Waals surface area contributed by atoms with Crippen LogP contribution in [-0.2, 0) is 19.0 Å². The van der Waals surface area contributed by atoms with Gasteiger partial charge in [0.15, 0.2) is 0 Å².